The number of sulfonamides is 1. The molecule has 0 aliphatic carbocycles. The van der Waals surface area contributed by atoms with Crippen LogP contribution >= 0.6 is 11.6 Å². The zero-order valence-electron chi connectivity index (χ0n) is 18.2. The third kappa shape index (κ3) is 9.28. The molecule has 0 saturated carbocycles. The second-order valence-electron chi connectivity index (χ2n) is 7.85. The van der Waals surface area contributed by atoms with Crippen LogP contribution in [-0.2, 0) is 10.0 Å². The van der Waals surface area contributed by atoms with E-state index in [-0.39, 0.29) is 0 Å². The lowest BCUT2D eigenvalue weighted by Gasteiger charge is -2.22. The summed E-state index contributed by atoms with van der Waals surface area (Å²) in [6, 6.07) is 5.08. The molecular weight excluding hydrogens is 390 g/mol. The minimum absolute atomic E-state index is 0.320. The van der Waals surface area contributed by atoms with Crippen LogP contribution in [0.15, 0.2) is 23.1 Å². The first-order valence-corrected chi connectivity index (χ1v) is 13.0. The Hall–Kier alpha value is -0.580. The first-order chi connectivity index (χ1) is 13.4. The van der Waals surface area contributed by atoms with E-state index in [9.17, 15) is 8.42 Å². The fourth-order valence-corrected chi connectivity index (χ4v) is 5.16. The van der Waals surface area contributed by atoms with Gasteiger partial charge in [-0.3, -0.25) is 0 Å². The summed E-state index contributed by atoms with van der Waals surface area (Å²) in [5.74, 6) is 0. The van der Waals surface area contributed by atoms with Crippen molar-refractivity contribution in [3.63, 3.8) is 0 Å². The van der Waals surface area contributed by atoms with Crippen LogP contribution in [-0.4, -0.2) is 25.8 Å². The zero-order chi connectivity index (χ0) is 20.8. The summed E-state index contributed by atoms with van der Waals surface area (Å²) in [6.45, 7) is 7.52. The number of nitrogens with zero attached hydrogens (tertiary/aromatic N) is 1. The van der Waals surface area contributed by atoms with Gasteiger partial charge in [-0.1, -0.05) is 95.7 Å². The molecule has 1 aromatic carbocycles. The van der Waals surface area contributed by atoms with E-state index in [1.807, 2.05) is 6.92 Å². The Labute approximate surface area is 178 Å². The van der Waals surface area contributed by atoms with E-state index >= 15 is 0 Å². The van der Waals surface area contributed by atoms with Gasteiger partial charge in [0.05, 0.1) is 4.90 Å². The molecule has 1 rings (SSSR count). The molecule has 3 nitrogen and oxygen atoms in total. The second-order valence-corrected chi connectivity index (χ2v) is 10.2. The van der Waals surface area contributed by atoms with Crippen molar-refractivity contribution in [3.8, 4) is 0 Å². The first-order valence-electron chi connectivity index (χ1n) is 11.2. The van der Waals surface area contributed by atoms with Crippen LogP contribution in [0, 0.1) is 6.92 Å². The molecule has 0 N–H and O–H groups in total. The highest BCUT2D eigenvalue weighted by Gasteiger charge is 2.24. The molecule has 0 saturated heterocycles. The fraction of sp³-hybridized carbons (Fsp3) is 0.739. The van der Waals surface area contributed by atoms with Crippen molar-refractivity contribution in [2.45, 2.75) is 103 Å². The minimum Gasteiger partial charge on any atom is -0.207 e. The lowest BCUT2D eigenvalue weighted by molar-refractivity contribution is 0.383. The molecule has 0 spiro atoms. The summed E-state index contributed by atoms with van der Waals surface area (Å²) in [5.41, 5.74) is 0.902. The summed E-state index contributed by atoms with van der Waals surface area (Å²) in [6.07, 6.45) is 13.9. The smallest absolute Gasteiger partial charge is 0.207 e. The molecule has 0 radical (unpaired) electrons. The van der Waals surface area contributed by atoms with Gasteiger partial charge in [-0.25, -0.2) is 8.42 Å². The maximum absolute atomic E-state index is 13.2. The molecule has 0 atom stereocenters. The standard InChI is InChI=1S/C23H40ClNO2S/c1-4-6-8-10-12-14-18-25(19-15-13-11-9-7-5-2)28(26,27)22-17-16-21(3)23(24)20-22/h16-17,20H,4-15,18-19H2,1-3H3. The molecule has 0 unspecified atom stereocenters. The van der Waals surface area contributed by atoms with Crippen LogP contribution in [0.1, 0.15) is 96.5 Å². The predicted molar refractivity (Wildman–Crippen MR) is 122 cm³/mol. The molecule has 0 aliphatic rings. The van der Waals surface area contributed by atoms with Crippen molar-refractivity contribution < 1.29 is 8.42 Å². The van der Waals surface area contributed by atoms with Crippen molar-refractivity contribution >= 4 is 21.6 Å². The number of hydrogen-bond acceptors (Lipinski definition) is 2. The maximum atomic E-state index is 13.2. The molecule has 0 heterocycles. The highest BCUT2D eigenvalue weighted by atomic mass is 35.5. The monoisotopic (exact) mass is 429 g/mol. The van der Waals surface area contributed by atoms with Gasteiger partial charge in [0.15, 0.2) is 0 Å². The maximum Gasteiger partial charge on any atom is 0.243 e. The first kappa shape index (κ1) is 25.5. The summed E-state index contributed by atoms with van der Waals surface area (Å²) in [5, 5.41) is 0.514. The molecule has 1 aromatic rings. The lowest BCUT2D eigenvalue weighted by Crippen LogP contribution is -2.33. The zero-order valence-corrected chi connectivity index (χ0v) is 19.8. The van der Waals surface area contributed by atoms with E-state index < -0.39 is 10.0 Å². The number of unbranched alkanes of at least 4 members (excludes halogenated alkanes) is 10. The number of aryl methyl sites for hydroxylation is 1. The highest BCUT2D eigenvalue weighted by molar-refractivity contribution is 7.89. The Kier molecular flexibility index (Phi) is 13.1. The van der Waals surface area contributed by atoms with Gasteiger partial charge in [-0.2, -0.15) is 4.31 Å². The number of benzene rings is 1. The second kappa shape index (κ2) is 14.4. The van der Waals surface area contributed by atoms with Crippen LogP contribution in [0.25, 0.3) is 0 Å². The average Bonchev–Trinajstić information content (AvgIpc) is 2.67. The molecule has 0 fully saturated rings. The predicted octanol–water partition coefficient (Wildman–Crippen LogP) is 7.36. The minimum atomic E-state index is -3.49. The van der Waals surface area contributed by atoms with Gasteiger partial charge in [-0.05, 0) is 37.5 Å². The average molecular weight is 430 g/mol. The van der Waals surface area contributed by atoms with E-state index in [0.29, 0.717) is 23.0 Å². The van der Waals surface area contributed by atoms with Crippen LogP contribution in [0.5, 0.6) is 0 Å². The van der Waals surface area contributed by atoms with Gasteiger partial charge < -0.3 is 0 Å². The molecule has 0 amide bonds. The third-order valence-corrected chi connectivity index (χ3v) is 7.61. The summed E-state index contributed by atoms with van der Waals surface area (Å²) in [7, 11) is -3.49. The molecule has 0 aromatic heterocycles. The molecule has 28 heavy (non-hydrogen) atoms. The lowest BCUT2D eigenvalue weighted by atomic mass is 10.1. The Morgan fingerprint density at radius 3 is 1.71 bits per heavy atom. The van der Waals surface area contributed by atoms with Crippen molar-refractivity contribution in [3.05, 3.63) is 28.8 Å². The van der Waals surface area contributed by atoms with Gasteiger partial charge in [0.1, 0.15) is 0 Å². The van der Waals surface area contributed by atoms with Crippen molar-refractivity contribution in [2.75, 3.05) is 13.1 Å². The summed E-state index contributed by atoms with van der Waals surface area (Å²) >= 11 is 6.19. The molecule has 162 valence electrons. The number of hydrogen-bond donors (Lipinski definition) is 0. The summed E-state index contributed by atoms with van der Waals surface area (Å²) < 4.78 is 28.1. The van der Waals surface area contributed by atoms with Crippen LogP contribution in [0.2, 0.25) is 5.02 Å². The summed E-state index contributed by atoms with van der Waals surface area (Å²) in [4.78, 5) is 0.320. The SMILES string of the molecule is CCCCCCCCN(CCCCCCCC)S(=O)(=O)c1ccc(C)c(Cl)c1. The highest BCUT2D eigenvalue weighted by Crippen LogP contribution is 2.24. The van der Waals surface area contributed by atoms with Gasteiger partial charge in [0.2, 0.25) is 10.0 Å². The third-order valence-electron chi connectivity index (χ3n) is 5.30. The van der Waals surface area contributed by atoms with Crippen molar-refractivity contribution in [1.82, 2.24) is 4.31 Å². The normalized spacial score (nSPS) is 12.0. The Bertz CT molecular complexity index is 630. The molecule has 5 heteroatoms. The number of halogens is 1. The van der Waals surface area contributed by atoms with E-state index in [2.05, 4.69) is 13.8 Å². The van der Waals surface area contributed by atoms with Crippen LogP contribution in [0.4, 0.5) is 0 Å². The molecule has 0 aliphatic heterocycles. The van der Waals surface area contributed by atoms with Crippen LogP contribution in [0.3, 0.4) is 0 Å². The van der Waals surface area contributed by atoms with E-state index in [0.717, 1.165) is 31.2 Å². The van der Waals surface area contributed by atoms with Crippen molar-refractivity contribution in [2.24, 2.45) is 0 Å². The Morgan fingerprint density at radius 1 is 0.786 bits per heavy atom. The quantitative estimate of drug-likeness (QED) is 0.257. The van der Waals surface area contributed by atoms with E-state index in [1.165, 1.54) is 51.4 Å². The van der Waals surface area contributed by atoms with Gasteiger partial charge in [-0.15, -0.1) is 0 Å². The largest absolute Gasteiger partial charge is 0.243 e. The Morgan fingerprint density at radius 2 is 1.25 bits per heavy atom. The molecule has 0 bridgehead atoms. The number of rotatable bonds is 16. The fourth-order valence-electron chi connectivity index (χ4n) is 3.37. The van der Waals surface area contributed by atoms with Gasteiger partial charge in [0, 0.05) is 18.1 Å². The van der Waals surface area contributed by atoms with Gasteiger partial charge >= 0.3 is 0 Å². The molecular formula is C23H40ClNO2S. The van der Waals surface area contributed by atoms with E-state index in [4.69, 9.17) is 11.6 Å². The van der Waals surface area contributed by atoms with Gasteiger partial charge in [0.25, 0.3) is 0 Å². The van der Waals surface area contributed by atoms with Crippen molar-refractivity contribution in [1.29, 1.82) is 0 Å². The van der Waals surface area contributed by atoms with E-state index in [1.54, 1.807) is 22.5 Å². The Balaban J connectivity index is 2.69. The topological polar surface area (TPSA) is 37.4 Å². The van der Waals surface area contributed by atoms with Crippen LogP contribution < -0.4 is 0 Å².